The Kier molecular flexibility index (Phi) is 4.35. The summed E-state index contributed by atoms with van der Waals surface area (Å²) in [5.41, 5.74) is 2.24. The summed E-state index contributed by atoms with van der Waals surface area (Å²) in [6.45, 7) is 4.96. The molecule has 2 aromatic rings. The van der Waals surface area contributed by atoms with E-state index in [9.17, 15) is 0 Å². The zero-order valence-corrected chi connectivity index (χ0v) is 14.7. The number of ether oxygens (including phenoxy) is 1. The summed E-state index contributed by atoms with van der Waals surface area (Å²) in [4.78, 5) is 6.49. The quantitative estimate of drug-likeness (QED) is 0.809. The average Bonchev–Trinajstić information content (AvgIpc) is 2.68. The molecule has 1 saturated heterocycles. The van der Waals surface area contributed by atoms with Gasteiger partial charge in [0.05, 0.1) is 18.9 Å². The number of nitrogens with zero attached hydrogens (tertiary/aromatic N) is 7. The van der Waals surface area contributed by atoms with E-state index in [4.69, 9.17) is 4.74 Å². The molecule has 0 radical (unpaired) electrons. The van der Waals surface area contributed by atoms with Crippen LogP contribution in [0.3, 0.4) is 0 Å². The van der Waals surface area contributed by atoms with Crippen LogP contribution in [0.5, 0.6) is 0 Å². The van der Waals surface area contributed by atoms with Gasteiger partial charge in [-0.25, -0.2) is 0 Å². The zero-order valence-electron chi connectivity index (χ0n) is 14.7. The van der Waals surface area contributed by atoms with Crippen LogP contribution in [0.4, 0.5) is 17.5 Å². The molecule has 4 rings (SSSR count). The Hall–Kier alpha value is -2.48. The Balaban J connectivity index is 1.41. The molecule has 132 valence electrons. The van der Waals surface area contributed by atoms with Crippen molar-refractivity contribution in [3.63, 3.8) is 0 Å². The van der Waals surface area contributed by atoms with Gasteiger partial charge in [0.15, 0.2) is 17.5 Å². The average molecular weight is 341 g/mol. The summed E-state index contributed by atoms with van der Waals surface area (Å²) in [5.74, 6) is 2.74. The van der Waals surface area contributed by atoms with Gasteiger partial charge in [-0.3, -0.25) is 0 Å². The molecular weight excluding hydrogens is 318 g/mol. The highest BCUT2D eigenvalue weighted by atomic mass is 16.5. The Labute approximate surface area is 147 Å². The van der Waals surface area contributed by atoms with Crippen molar-refractivity contribution in [3.8, 4) is 0 Å². The molecule has 0 bridgehead atoms. The molecule has 8 heteroatoms. The first-order valence-corrected chi connectivity index (χ1v) is 8.65. The predicted molar refractivity (Wildman–Crippen MR) is 96.2 cm³/mol. The first-order chi connectivity index (χ1) is 12.2. The first kappa shape index (κ1) is 16.0. The fraction of sp³-hybridized carbons (Fsp3) is 0.529. The van der Waals surface area contributed by atoms with E-state index < -0.39 is 0 Å². The van der Waals surface area contributed by atoms with E-state index in [1.54, 1.807) is 0 Å². The maximum atomic E-state index is 5.53. The number of hydrogen-bond donors (Lipinski definition) is 0. The highest BCUT2D eigenvalue weighted by Gasteiger charge is 2.21. The highest BCUT2D eigenvalue weighted by Crippen LogP contribution is 2.21. The lowest BCUT2D eigenvalue weighted by Crippen LogP contribution is -2.47. The standard InChI is InChI=1S/C17H23N7O/c1-22(2)15-3-4-16(20-19-15)23-6-8-24(9-7-23)17-11-13-12-25-10-5-14(13)18-21-17/h3-4,11H,5-10,12H2,1-2H3. The number of aromatic nitrogens is 4. The molecule has 0 atom stereocenters. The number of piperazine rings is 1. The number of fused-ring (bicyclic) bond motifs is 1. The largest absolute Gasteiger partial charge is 0.376 e. The SMILES string of the molecule is CN(C)c1ccc(N2CCN(c3cc4c(nn3)CCOC4)CC2)nn1. The Bertz CT molecular complexity index is 726. The van der Waals surface area contributed by atoms with Gasteiger partial charge in [-0.05, 0) is 18.2 Å². The summed E-state index contributed by atoms with van der Waals surface area (Å²) in [5, 5.41) is 17.4. The molecule has 1 fully saturated rings. The summed E-state index contributed by atoms with van der Waals surface area (Å²) in [6.07, 6.45) is 0.859. The maximum absolute atomic E-state index is 5.53. The molecule has 0 aromatic carbocycles. The van der Waals surface area contributed by atoms with Gasteiger partial charge in [0.1, 0.15) is 0 Å². The topological polar surface area (TPSA) is 70.5 Å². The van der Waals surface area contributed by atoms with Crippen molar-refractivity contribution in [1.29, 1.82) is 0 Å². The van der Waals surface area contributed by atoms with E-state index in [0.29, 0.717) is 6.61 Å². The number of anilines is 3. The molecule has 25 heavy (non-hydrogen) atoms. The second-order valence-corrected chi connectivity index (χ2v) is 6.60. The van der Waals surface area contributed by atoms with Gasteiger partial charge >= 0.3 is 0 Å². The van der Waals surface area contributed by atoms with Crippen molar-refractivity contribution >= 4 is 17.5 Å². The van der Waals surface area contributed by atoms with Crippen LogP contribution in [0.25, 0.3) is 0 Å². The lowest BCUT2D eigenvalue weighted by atomic mass is 10.1. The molecule has 0 N–H and O–H groups in total. The minimum Gasteiger partial charge on any atom is -0.376 e. The number of rotatable bonds is 3. The summed E-state index contributed by atoms with van der Waals surface area (Å²) in [7, 11) is 3.93. The van der Waals surface area contributed by atoms with E-state index in [0.717, 1.165) is 62.4 Å². The van der Waals surface area contributed by atoms with Gasteiger partial charge in [0, 0.05) is 52.3 Å². The fourth-order valence-electron chi connectivity index (χ4n) is 3.17. The highest BCUT2D eigenvalue weighted by molar-refractivity contribution is 5.48. The minimum atomic E-state index is 0.644. The zero-order chi connectivity index (χ0) is 17.2. The lowest BCUT2D eigenvalue weighted by molar-refractivity contribution is 0.109. The third-order valence-corrected chi connectivity index (χ3v) is 4.71. The van der Waals surface area contributed by atoms with Gasteiger partial charge in [-0.15, -0.1) is 15.3 Å². The van der Waals surface area contributed by atoms with Crippen LogP contribution < -0.4 is 14.7 Å². The van der Waals surface area contributed by atoms with Crippen LogP contribution >= 0.6 is 0 Å². The molecule has 2 aromatic heterocycles. The molecule has 0 saturated carbocycles. The lowest BCUT2D eigenvalue weighted by Gasteiger charge is -2.36. The Morgan fingerprint density at radius 3 is 2.32 bits per heavy atom. The fourth-order valence-corrected chi connectivity index (χ4v) is 3.17. The summed E-state index contributed by atoms with van der Waals surface area (Å²) in [6, 6.07) is 6.17. The molecule has 0 amide bonds. The molecule has 2 aliphatic rings. The van der Waals surface area contributed by atoms with E-state index in [-0.39, 0.29) is 0 Å². The first-order valence-electron chi connectivity index (χ1n) is 8.65. The van der Waals surface area contributed by atoms with Gasteiger partial charge in [0.2, 0.25) is 0 Å². The van der Waals surface area contributed by atoms with Crippen LogP contribution in [0.2, 0.25) is 0 Å². The van der Waals surface area contributed by atoms with Crippen LogP contribution in [0.1, 0.15) is 11.3 Å². The van der Waals surface area contributed by atoms with E-state index in [1.165, 1.54) is 5.56 Å². The monoisotopic (exact) mass is 341 g/mol. The van der Waals surface area contributed by atoms with Crippen LogP contribution in [-0.2, 0) is 17.8 Å². The van der Waals surface area contributed by atoms with Gasteiger partial charge in [-0.2, -0.15) is 5.10 Å². The van der Waals surface area contributed by atoms with Crippen molar-refractivity contribution in [2.75, 3.05) is 61.6 Å². The molecule has 0 unspecified atom stereocenters. The summed E-state index contributed by atoms with van der Waals surface area (Å²) < 4.78 is 5.53. The third-order valence-electron chi connectivity index (χ3n) is 4.71. The predicted octanol–water partition coefficient (Wildman–Crippen LogP) is 0.732. The van der Waals surface area contributed by atoms with Crippen molar-refractivity contribution in [2.24, 2.45) is 0 Å². The van der Waals surface area contributed by atoms with E-state index in [2.05, 4.69) is 36.3 Å². The maximum Gasteiger partial charge on any atom is 0.151 e. The third kappa shape index (κ3) is 3.34. The van der Waals surface area contributed by atoms with Crippen molar-refractivity contribution < 1.29 is 4.74 Å². The molecule has 0 spiro atoms. The normalized spacial score (nSPS) is 17.4. The number of hydrogen-bond acceptors (Lipinski definition) is 8. The molecule has 0 aliphatic carbocycles. The summed E-state index contributed by atoms with van der Waals surface area (Å²) >= 11 is 0. The van der Waals surface area contributed by atoms with Crippen molar-refractivity contribution in [2.45, 2.75) is 13.0 Å². The molecule has 8 nitrogen and oxygen atoms in total. The second-order valence-electron chi connectivity index (χ2n) is 6.60. The molecule has 2 aliphatic heterocycles. The van der Waals surface area contributed by atoms with Crippen LogP contribution in [0.15, 0.2) is 18.2 Å². The second kappa shape index (κ2) is 6.79. The molecule has 4 heterocycles. The van der Waals surface area contributed by atoms with Crippen molar-refractivity contribution in [1.82, 2.24) is 20.4 Å². The van der Waals surface area contributed by atoms with Crippen molar-refractivity contribution in [3.05, 3.63) is 29.5 Å². The Morgan fingerprint density at radius 1 is 0.920 bits per heavy atom. The van der Waals surface area contributed by atoms with Gasteiger partial charge < -0.3 is 19.4 Å². The smallest absolute Gasteiger partial charge is 0.151 e. The Morgan fingerprint density at radius 2 is 1.64 bits per heavy atom. The van der Waals surface area contributed by atoms with Crippen LogP contribution in [-0.4, -0.2) is 67.3 Å². The van der Waals surface area contributed by atoms with E-state index >= 15 is 0 Å². The van der Waals surface area contributed by atoms with Crippen LogP contribution in [0, 0.1) is 0 Å². The molecular formula is C17H23N7O. The van der Waals surface area contributed by atoms with E-state index in [1.807, 2.05) is 31.1 Å². The minimum absolute atomic E-state index is 0.644. The van der Waals surface area contributed by atoms with Gasteiger partial charge in [0.25, 0.3) is 0 Å². The van der Waals surface area contributed by atoms with Gasteiger partial charge in [-0.1, -0.05) is 0 Å².